The van der Waals surface area contributed by atoms with Gasteiger partial charge in [-0.25, -0.2) is 13.6 Å². The molecular weight excluding hydrogens is 350 g/mol. The van der Waals surface area contributed by atoms with Gasteiger partial charge in [0, 0.05) is 12.1 Å². The Kier molecular flexibility index (Phi) is 4.76. The molecule has 5 nitrogen and oxygen atoms in total. The van der Waals surface area contributed by atoms with Gasteiger partial charge in [0.1, 0.15) is 11.6 Å². The zero-order valence-electron chi connectivity index (χ0n) is 10.8. The number of benzene rings is 1. The van der Waals surface area contributed by atoms with Crippen molar-refractivity contribution >= 4 is 33.6 Å². The molecule has 0 aromatic heterocycles. The van der Waals surface area contributed by atoms with E-state index < -0.39 is 29.6 Å². The lowest BCUT2D eigenvalue weighted by atomic mass is 10.1. The maximum absolute atomic E-state index is 13.6. The first-order chi connectivity index (χ1) is 9.86. The second kappa shape index (κ2) is 6.38. The maximum Gasteiger partial charge on any atom is 0.319 e. The number of carbonyl (C=O) groups excluding carboxylic acids is 1. The summed E-state index contributed by atoms with van der Waals surface area (Å²) < 4.78 is 26.8. The molecule has 2 amide bonds. The molecule has 21 heavy (non-hydrogen) atoms. The van der Waals surface area contributed by atoms with Crippen LogP contribution in [0.3, 0.4) is 0 Å². The molecule has 1 fully saturated rings. The lowest BCUT2D eigenvalue weighted by Gasteiger charge is -2.14. The molecule has 1 aliphatic carbocycles. The quantitative estimate of drug-likeness (QED) is 0.723. The van der Waals surface area contributed by atoms with Crippen molar-refractivity contribution in [3.05, 3.63) is 28.2 Å². The van der Waals surface area contributed by atoms with Crippen LogP contribution in [0.4, 0.5) is 19.3 Å². The highest BCUT2D eigenvalue weighted by Gasteiger charge is 2.30. The number of anilines is 1. The number of hydrogen-bond acceptors (Lipinski definition) is 2. The van der Waals surface area contributed by atoms with Gasteiger partial charge in [0.25, 0.3) is 0 Å². The highest BCUT2D eigenvalue weighted by Crippen LogP contribution is 2.26. The molecule has 0 spiro atoms. The molecule has 0 radical (unpaired) electrons. The molecule has 0 saturated heterocycles. The maximum atomic E-state index is 13.6. The minimum Gasteiger partial charge on any atom is -0.481 e. The Labute approximate surface area is 127 Å². The number of amides is 2. The van der Waals surface area contributed by atoms with Gasteiger partial charge in [0.2, 0.25) is 0 Å². The highest BCUT2D eigenvalue weighted by atomic mass is 79.9. The Bertz CT molecular complexity index is 583. The molecule has 0 heterocycles. The molecular formula is C13H13BrF2N2O3. The van der Waals surface area contributed by atoms with E-state index in [9.17, 15) is 18.4 Å². The minimum atomic E-state index is -0.888. The monoisotopic (exact) mass is 362 g/mol. The van der Waals surface area contributed by atoms with Gasteiger partial charge in [0.05, 0.1) is 16.1 Å². The van der Waals surface area contributed by atoms with E-state index in [1.807, 2.05) is 0 Å². The van der Waals surface area contributed by atoms with Crippen LogP contribution in [-0.2, 0) is 4.79 Å². The van der Waals surface area contributed by atoms with E-state index >= 15 is 0 Å². The van der Waals surface area contributed by atoms with Crippen LogP contribution in [0.1, 0.15) is 19.3 Å². The fraction of sp³-hybridized carbons (Fsp3) is 0.385. The highest BCUT2D eigenvalue weighted by molar-refractivity contribution is 9.10. The number of carboxylic acids is 1. The molecule has 1 saturated carbocycles. The van der Waals surface area contributed by atoms with Gasteiger partial charge < -0.3 is 15.7 Å². The SMILES string of the molecule is O=C(Nc1cc(F)c(Br)cc1F)N[C@H]1CC[C@@H](C(=O)O)C1. The lowest BCUT2D eigenvalue weighted by Crippen LogP contribution is -2.37. The zero-order chi connectivity index (χ0) is 15.6. The van der Waals surface area contributed by atoms with E-state index in [-0.39, 0.29) is 16.2 Å². The first-order valence-corrected chi connectivity index (χ1v) is 7.11. The summed E-state index contributed by atoms with van der Waals surface area (Å²) in [5.41, 5.74) is -0.277. The molecule has 2 atom stereocenters. The molecule has 114 valence electrons. The van der Waals surface area contributed by atoms with E-state index in [2.05, 4.69) is 26.6 Å². The van der Waals surface area contributed by atoms with Gasteiger partial charge in [-0.1, -0.05) is 0 Å². The van der Waals surface area contributed by atoms with E-state index in [1.54, 1.807) is 0 Å². The van der Waals surface area contributed by atoms with Gasteiger partial charge in [0.15, 0.2) is 0 Å². The van der Waals surface area contributed by atoms with Crippen LogP contribution in [0.2, 0.25) is 0 Å². The number of carbonyl (C=O) groups is 2. The van der Waals surface area contributed by atoms with Crippen LogP contribution < -0.4 is 10.6 Å². The summed E-state index contributed by atoms with van der Waals surface area (Å²) >= 11 is 2.84. The number of nitrogens with one attached hydrogen (secondary N) is 2. The number of rotatable bonds is 3. The first-order valence-electron chi connectivity index (χ1n) is 6.31. The van der Waals surface area contributed by atoms with Crippen LogP contribution in [0.15, 0.2) is 16.6 Å². The number of hydrogen-bond donors (Lipinski definition) is 3. The van der Waals surface area contributed by atoms with Crippen LogP contribution >= 0.6 is 15.9 Å². The summed E-state index contributed by atoms with van der Waals surface area (Å²) in [4.78, 5) is 22.5. The second-order valence-electron chi connectivity index (χ2n) is 4.89. The molecule has 1 aromatic carbocycles. The predicted molar refractivity (Wildman–Crippen MR) is 75.0 cm³/mol. The van der Waals surface area contributed by atoms with Gasteiger partial charge in [-0.15, -0.1) is 0 Å². The van der Waals surface area contributed by atoms with E-state index in [1.165, 1.54) is 0 Å². The average Bonchev–Trinajstić information content (AvgIpc) is 2.84. The van der Waals surface area contributed by atoms with Crippen molar-refractivity contribution in [1.82, 2.24) is 5.32 Å². The largest absolute Gasteiger partial charge is 0.481 e. The number of urea groups is 1. The smallest absolute Gasteiger partial charge is 0.319 e. The summed E-state index contributed by atoms with van der Waals surface area (Å²) in [6.45, 7) is 0. The standard InChI is InChI=1S/C13H13BrF2N2O3/c14-8-4-10(16)11(5-9(8)15)18-13(21)17-7-2-1-6(3-7)12(19)20/h4-7H,1-3H2,(H,19,20)(H2,17,18,21)/t6-,7+/m1/s1. The predicted octanol–water partition coefficient (Wildman–Crippen LogP) is 3.10. The molecule has 1 aromatic rings. The number of aliphatic carboxylic acids is 1. The van der Waals surface area contributed by atoms with Gasteiger partial charge in [-0.05, 0) is 41.3 Å². The Morgan fingerprint density at radius 3 is 2.57 bits per heavy atom. The van der Waals surface area contributed by atoms with Gasteiger partial charge in [-0.2, -0.15) is 0 Å². The van der Waals surface area contributed by atoms with Crippen molar-refractivity contribution < 1.29 is 23.5 Å². The van der Waals surface area contributed by atoms with Crippen molar-refractivity contribution in [2.45, 2.75) is 25.3 Å². The molecule has 1 aliphatic rings. The van der Waals surface area contributed by atoms with Crippen molar-refractivity contribution in [2.75, 3.05) is 5.32 Å². The normalized spacial score (nSPS) is 21.1. The minimum absolute atomic E-state index is 0.0361. The van der Waals surface area contributed by atoms with E-state index in [0.29, 0.717) is 19.3 Å². The van der Waals surface area contributed by atoms with Crippen LogP contribution in [0, 0.1) is 17.6 Å². The number of carboxylic acid groups (broad SMARTS) is 1. The summed E-state index contributed by atoms with van der Waals surface area (Å²) in [5.74, 6) is -2.83. The Balaban J connectivity index is 1.94. The van der Waals surface area contributed by atoms with Gasteiger partial charge in [-0.3, -0.25) is 4.79 Å². The summed E-state index contributed by atoms with van der Waals surface area (Å²) in [7, 11) is 0. The molecule has 0 unspecified atom stereocenters. The molecule has 8 heteroatoms. The van der Waals surface area contributed by atoms with Crippen LogP contribution in [-0.4, -0.2) is 23.1 Å². The van der Waals surface area contributed by atoms with Crippen LogP contribution in [0.25, 0.3) is 0 Å². The Morgan fingerprint density at radius 2 is 1.95 bits per heavy atom. The van der Waals surface area contributed by atoms with E-state index in [4.69, 9.17) is 5.11 Å². The first kappa shape index (κ1) is 15.7. The molecule has 0 bridgehead atoms. The third kappa shape index (κ3) is 3.90. The number of halogens is 3. The van der Waals surface area contributed by atoms with Crippen molar-refractivity contribution in [1.29, 1.82) is 0 Å². The fourth-order valence-electron chi connectivity index (χ4n) is 2.30. The molecule has 2 rings (SSSR count). The summed E-state index contributed by atoms with van der Waals surface area (Å²) in [6.07, 6.45) is 1.36. The zero-order valence-corrected chi connectivity index (χ0v) is 12.4. The van der Waals surface area contributed by atoms with Crippen LogP contribution in [0.5, 0.6) is 0 Å². The molecule has 3 N–H and O–H groups in total. The lowest BCUT2D eigenvalue weighted by molar-refractivity contribution is -0.141. The summed E-state index contributed by atoms with van der Waals surface area (Å²) in [6, 6.07) is 0.815. The molecule has 0 aliphatic heterocycles. The second-order valence-corrected chi connectivity index (χ2v) is 5.74. The Morgan fingerprint density at radius 1 is 1.24 bits per heavy atom. The van der Waals surface area contributed by atoms with Gasteiger partial charge >= 0.3 is 12.0 Å². The van der Waals surface area contributed by atoms with Crippen molar-refractivity contribution in [3.8, 4) is 0 Å². The van der Waals surface area contributed by atoms with Crippen molar-refractivity contribution in [3.63, 3.8) is 0 Å². The third-order valence-corrected chi connectivity index (χ3v) is 3.98. The fourth-order valence-corrected chi connectivity index (χ4v) is 2.61. The average molecular weight is 363 g/mol. The van der Waals surface area contributed by atoms with E-state index in [0.717, 1.165) is 12.1 Å². The van der Waals surface area contributed by atoms with Crippen molar-refractivity contribution in [2.24, 2.45) is 5.92 Å². The topological polar surface area (TPSA) is 78.4 Å². The third-order valence-electron chi connectivity index (χ3n) is 3.38. The summed E-state index contributed by atoms with van der Waals surface area (Å²) in [5, 5.41) is 13.6. The Hall–Kier alpha value is -1.70.